The molecule has 0 radical (unpaired) electrons. The summed E-state index contributed by atoms with van der Waals surface area (Å²) in [7, 11) is 0. The zero-order valence-corrected chi connectivity index (χ0v) is 11.5. The number of aromatic carboxylic acids is 1. The van der Waals surface area contributed by atoms with E-state index >= 15 is 0 Å². The van der Waals surface area contributed by atoms with Crippen molar-refractivity contribution in [1.29, 1.82) is 0 Å². The molecule has 0 bridgehead atoms. The van der Waals surface area contributed by atoms with Crippen LogP contribution in [0.15, 0.2) is 18.2 Å². The van der Waals surface area contributed by atoms with Crippen molar-refractivity contribution in [3.63, 3.8) is 0 Å². The van der Waals surface area contributed by atoms with Crippen LogP contribution in [-0.4, -0.2) is 22.0 Å². The first kappa shape index (κ1) is 14.3. The van der Waals surface area contributed by atoms with Crippen molar-refractivity contribution in [1.82, 2.24) is 0 Å². The van der Waals surface area contributed by atoms with Crippen LogP contribution in [0.5, 0.6) is 0 Å². The number of nitro groups is 1. The minimum absolute atomic E-state index is 0.0487. The number of hydrogen-bond donors (Lipinski definition) is 2. The van der Waals surface area contributed by atoms with Gasteiger partial charge in [-0.1, -0.05) is 26.3 Å². The Morgan fingerprint density at radius 1 is 1.50 bits per heavy atom. The van der Waals surface area contributed by atoms with Gasteiger partial charge in [0.05, 0.1) is 4.92 Å². The molecule has 1 aliphatic rings. The summed E-state index contributed by atoms with van der Waals surface area (Å²) in [5.41, 5.74) is -0.305. The molecular weight excluding hydrogens is 260 g/mol. The standard InChI is InChI=1S/C14H18N2O4/c1-14(2)8-4-7-11(14)15-10-6-3-5-9(13(17)18)12(10)16(19)20/h3,5-6,11,15H,4,7-8H2,1-2H3,(H,17,18). The molecule has 0 spiro atoms. The molecule has 1 aliphatic carbocycles. The molecule has 0 saturated heterocycles. The predicted octanol–water partition coefficient (Wildman–Crippen LogP) is 3.28. The van der Waals surface area contributed by atoms with Gasteiger partial charge < -0.3 is 10.4 Å². The number of nitro benzene ring substituents is 1. The smallest absolute Gasteiger partial charge is 0.342 e. The van der Waals surface area contributed by atoms with Gasteiger partial charge in [-0.2, -0.15) is 0 Å². The highest BCUT2D eigenvalue weighted by Crippen LogP contribution is 2.40. The Labute approximate surface area is 117 Å². The van der Waals surface area contributed by atoms with Gasteiger partial charge in [0.15, 0.2) is 0 Å². The number of benzene rings is 1. The van der Waals surface area contributed by atoms with Gasteiger partial charge in [-0.25, -0.2) is 4.79 Å². The molecule has 0 heterocycles. The maximum Gasteiger partial charge on any atom is 0.342 e. The van der Waals surface area contributed by atoms with E-state index in [1.54, 1.807) is 6.07 Å². The summed E-state index contributed by atoms with van der Waals surface area (Å²) in [5, 5.41) is 23.4. The average molecular weight is 278 g/mol. The molecule has 2 N–H and O–H groups in total. The number of carboxylic acids is 1. The van der Waals surface area contributed by atoms with E-state index in [1.165, 1.54) is 12.1 Å². The molecule has 0 amide bonds. The average Bonchev–Trinajstić information content (AvgIpc) is 2.68. The molecule has 108 valence electrons. The largest absolute Gasteiger partial charge is 0.477 e. The molecule has 1 unspecified atom stereocenters. The van der Waals surface area contributed by atoms with Gasteiger partial charge in [0.1, 0.15) is 11.3 Å². The number of anilines is 1. The fourth-order valence-corrected chi connectivity index (χ4v) is 2.81. The number of rotatable bonds is 4. The van der Waals surface area contributed by atoms with Gasteiger partial charge in [0, 0.05) is 6.04 Å². The van der Waals surface area contributed by atoms with Gasteiger partial charge in [0.25, 0.3) is 0 Å². The van der Waals surface area contributed by atoms with Crippen molar-refractivity contribution < 1.29 is 14.8 Å². The van der Waals surface area contributed by atoms with Crippen molar-refractivity contribution in [2.75, 3.05) is 5.32 Å². The van der Waals surface area contributed by atoms with E-state index in [0.29, 0.717) is 0 Å². The third-order valence-electron chi connectivity index (χ3n) is 4.04. The van der Waals surface area contributed by atoms with E-state index in [1.807, 2.05) is 0 Å². The second-order valence-electron chi connectivity index (χ2n) is 5.84. The SMILES string of the molecule is CC1(C)CCCC1Nc1cccc(C(=O)O)c1[N+](=O)[O-]. The van der Waals surface area contributed by atoms with Crippen LogP contribution in [0.25, 0.3) is 0 Å². The number of nitrogens with one attached hydrogen (secondary N) is 1. The molecule has 0 aromatic heterocycles. The first-order valence-electron chi connectivity index (χ1n) is 6.60. The highest BCUT2D eigenvalue weighted by Gasteiger charge is 2.36. The topological polar surface area (TPSA) is 92.5 Å². The predicted molar refractivity (Wildman–Crippen MR) is 75.1 cm³/mol. The Balaban J connectivity index is 2.39. The lowest BCUT2D eigenvalue weighted by molar-refractivity contribution is -0.384. The molecular formula is C14H18N2O4. The molecule has 1 fully saturated rings. The Morgan fingerprint density at radius 2 is 2.20 bits per heavy atom. The maximum absolute atomic E-state index is 11.2. The van der Waals surface area contributed by atoms with E-state index in [9.17, 15) is 14.9 Å². The zero-order valence-electron chi connectivity index (χ0n) is 11.5. The maximum atomic E-state index is 11.2. The summed E-state index contributed by atoms with van der Waals surface area (Å²) in [6, 6.07) is 4.47. The van der Waals surface area contributed by atoms with Crippen molar-refractivity contribution in [2.45, 2.75) is 39.2 Å². The summed E-state index contributed by atoms with van der Waals surface area (Å²) in [6.07, 6.45) is 3.05. The lowest BCUT2D eigenvalue weighted by Gasteiger charge is -2.28. The Morgan fingerprint density at radius 3 is 2.70 bits per heavy atom. The third-order valence-corrected chi connectivity index (χ3v) is 4.04. The monoisotopic (exact) mass is 278 g/mol. The number of carboxylic acid groups (broad SMARTS) is 1. The highest BCUT2D eigenvalue weighted by molar-refractivity contribution is 5.95. The van der Waals surface area contributed by atoms with E-state index in [0.717, 1.165) is 19.3 Å². The number of para-hydroxylation sites is 1. The fourth-order valence-electron chi connectivity index (χ4n) is 2.81. The third kappa shape index (κ3) is 2.59. The highest BCUT2D eigenvalue weighted by atomic mass is 16.6. The van der Waals surface area contributed by atoms with Crippen LogP contribution in [0.1, 0.15) is 43.5 Å². The van der Waals surface area contributed by atoms with Gasteiger partial charge in [-0.3, -0.25) is 10.1 Å². The molecule has 20 heavy (non-hydrogen) atoms. The Hall–Kier alpha value is -2.11. The summed E-state index contributed by atoms with van der Waals surface area (Å²) < 4.78 is 0. The van der Waals surface area contributed by atoms with Gasteiger partial charge in [-0.05, 0) is 30.4 Å². The first-order chi connectivity index (χ1) is 9.33. The van der Waals surface area contributed by atoms with E-state index in [4.69, 9.17) is 5.11 Å². The van der Waals surface area contributed by atoms with Crippen LogP contribution in [0.4, 0.5) is 11.4 Å². The summed E-state index contributed by atoms with van der Waals surface area (Å²) >= 11 is 0. The second-order valence-corrected chi connectivity index (χ2v) is 5.84. The molecule has 6 heteroatoms. The fraction of sp³-hybridized carbons (Fsp3) is 0.500. The summed E-state index contributed by atoms with van der Waals surface area (Å²) in [5.74, 6) is -1.29. The lowest BCUT2D eigenvalue weighted by atomic mass is 9.87. The van der Waals surface area contributed by atoms with Crippen LogP contribution in [-0.2, 0) is 0 Å². The minimum Gasteiger partial charge on any atom is -0.477 e. The second kappa shape index (κ2) is 5.11. The van der Waals surface area contributed by atoms with E-state index in [-0.39, 0.29) is 28.4 Å². The molecule has 1 saturated carbocycles. The molecule has 1 aromatic carbocycles. The van der Waals surface area contributed by atoms with Gasteiger partial charge in [-0.15, -0.1) is 0 Å². The molecule has 2 rings (SSSR count). The van der Waals surface area contributed by atoms with Crippen LogP contribution in [0.3, 0.4) is 0 Å². The molecule has 1 aromatic rings. The van der Waals surface area contributed by atoms with Crippen LogP contribution in [0, 0.1) is 15.5 Å². The van der Waals surface area contributed by atoms with Crippen LogP contribution < -0.4 is 5.32 Å². The minimum atomic E-state index is -1.29. The normalized spacial score (nSPS) is 20.6. The van der Waals surface area contributed by atoms with Crippen LogP contribution >= 0.6 is 0 Å². The van der Waals surface area contributed by atoms with Crippen molar-refractivity contribution in [2.24, 2.45) is 5.41 Å². The zero-order chi connectivity index (χ0) is 14.9. The quantitative estimate of drug-likeness (QED) is 0.651. The number of carbonyl (C=O) groups is 1. The molecule has 0 aliphatic heterocycles. The van der Waals surface area contributed by atoms with Crippen molar-refractivity contribution in [3.05, 3.63) is 33.9 Å². The number of nitrogens with zero attached hydrogens (tertiary/aromatic N) is 1. The molecule has 6 nitrogen and oxygen atoms in total. The lowest BCUT2D eigenvalue weighted by Crippen LogP contribution is -2.31. The first-order valence-corrected chi connectivity index (χ1v) is 6.60. The van der Waals surface area contributed by atoms with Gasteiger partial charge in [0.2, 0.25) is 0 Å². The summed E-state index contributed by atoms with van der Waals surface area (Å²) in [4.78, 5) is 21.7. The Bertz CT molecular complexity index is 554. The Kier molecular flexibility index (Phi) is 3.65. The van der Waals surface area contributed by atoms with Gasteiger partial charge >= 0.3 is 11.7 Å². The summed E-state index contributed by atoms with van der Waals surface area (Å²) in [6.45, 7) is 4.23. The number of hydrogen-bond acceptors (Lipinski definition) is 4. The molecule has 1 atom stereocenters. The van der Waals surface area contributed by atoms with Crippen LogP contribution in [0.2, 0.25) is 0 Å². The van der Waals surface area contributed by atoms with E-state index in [2.05, 4.69) is 19.2 Å². The van der Waals surface area contributed by atoms with Crippen molar-refractivity contribution in [3.8, 4) is 0 Å². The van der Waals surface area contributed by atoms with Crippen molar-refractivity contribution >= 4 is 17.3 Å². The van der Waals surface area contributed by atoms with E-state index < -0.39 is 10.9 Å².